The van der Waals surface area contributed by atoms with E-state index in [9.17, 15) is 9.59 Å². The van der Waals surface area contributed by atoms with E-state index in [-0.39, 0.29) is 13.1 Å². The first-order chi connectivity index (χ1) is 7.08. The van der Waals surface area contributed by atoms with Gasteiger partial charge in [-0.15, -0.1) is 0 Å². The summed E-state index contributed by atoms with van der Waals surface area (Å²) in [6.07, 6.45) is -1.62. The number of ether oxygens (including phenoxy) is 2. The predicted octanol–water partition coefficient (Wildman–Crippen LogP) is 3.28. The number of hydrogen-bond acceptors (Lipinski definition) is 4. The molecule has 0 heterocycles. The van der Waals surface area contributed by atoms with E-state index in [2.05, 4.69) is 52.5 Å². The topological polar surface area (TPSA) is 52.6 Å². The fourth-order valence-corrected chi connectivity index (χ4v) is 1.32. The van der Waals surface area contributed by atoms with Crippen LogP contribution in [0.25, 0.3) is 0 Å². The molecule has 0 amide bonds. The van der Waals surface area contributed by atoms with Crippen molar-refractivity contribution in [2.45, 2.75) is 12.0 Å². The van der Waals surface area contributed by atoms with Crippen molar-refractivity contribution in [3.05, 3.63) is 0 Å². The van der Waals surface area contributed by atoms with Crippen LogP contribution >= 0.6 is 82.6 Å². The third-order valence-corrected chi connectivity index (χ3v) is 2.36. The Balaban J connectivity index is 4.46. The second kappa shape index (κ2) is 6.99. The highest BCUT2D eigenvalue weighted by atomic mass is 80.0. The molecule has 0 fully saturated rings. The second-order valence-electron chi connectivity index (χ2n) is 2.38. The molecule has 0 N–H and O–H groups in total. The molecule has 0 radical (unpaired) electrons. The molecular weight excluding hydrogens is 482 g/mol. The fraction of sp³-hybridized carbons (Fsp3) is 0.667. The maximum Gasteiger partial charge on any atom is 0.352 e. The van der Waals surface area contributed by atoms with Gasteiger partial charge in [-0.3, -0.25) is 4.79 Å². The van der Waals surface area contributed by atoms with Crippen LogP contribution in [0.2, 0.25) is 0 Å². The minimum Gasteiger partial charge on any atom is -0.459 e. The van der Waals surface area contributed by atoms with Gasteiger partial charge in [0.05, 0.1) is 0 Å². The summed E-state index contributed by atoms with van der Waals surface area (Å²) in [5, 5.41) is 0. The van der Waals surface area contributed by atoms with Crippen LogP contribution in [-0.4, -0.2) is 31.1 Å². The van der Waals surface area contributed by atoms with E-state index in [1.165, 1.54) is 0 Å². The molecule has 94 valence electrons. The fourth-order valence-electron chi connectivity index (χ4n) is 0.551. The standard InChI is InChI=1S/C6H4Br3Cl3O4/c7-5(8,9)1-15-4(14)3(16-2-13)6(10,11)12/h2-3H,1H2. The lowest BCUT2D eigenvalue weighted by atomic mass is 10.4. The molecule has 0 saturated carbocycles. The third kappa shape index (κ3) is 7.55. The van der Waals surface area contributed by atoms with Crippen molar-refractivity contribution in [1.29, 1.82) is 0 Å². The van der Waals surface area contributed by atoms with Crippen molar-refractivity contribution in [3.8, 4) is 0 Å². The van der Waals surface area contributed by atoms with Crippen LogP contribution in [0.1, 0.15) is 0 Å². The van der Waals surface area contributed by atoms with E-state index >= 15 is 0 Å². The van der Waals surface area contributed by atoms with Crippen LogP contribution in [-0.2, 0) is 19.1 Å². The molecule has 0 aromatic carbocycles. The van der Waals surface area contributed by atoms with Crippen LogP contribution in [0.15, 0.2) is 0 Å². The normalized spacial score (nSPS) is 14.1. The van der Waals surface area contributed by atoms with Gasteiger partial charge in [-0.05, 0) is 0 Å². The summed E-state index contributed by atoms with van der Waals surface area (Å²) in [4.78, 5) is 21.5. The summed E-state index contributed by atoms with van der Waals surface area (Å²) in [6, 6.07) is 0. The Hall–Kier alpha value is 1.25. The highest BCUT2D eigenvalue weighted by molar-refractivity contribution is 9.39. The summed E-state index contributed by atoms with van der Waals surface area (Å²) in [5.74, 6) is -0.977. The minimum atomic E-state index is -2.09. The van der Waals surface area contributed by atoms with Gasteiger partial charge < -0.3 is 9.47 Å². The summed E-state index contributed by atoms with van der Waals surface area (Å²) in [6.45, 7) is -0.122. The first-order valence-electron chi connectivity index (χ1n) is 3.47. The summed E-state index contributed by atoms with van der Waals surface area (Å²) in [5.41, 5.74) is 0. The average Bonchev–Trinajstić information content (AvgIpc) is 2.07. The van der Waals surface area contributed by atoms with E-state index in [0.29, 0.717) is 0 Å². The smallest absolute Gasteiger partial charge is 0.352 e. The van der Waals surface area contributed by atoms with Crippen molar-refractivity contribution in [2.75, 3.05) is 6.61 Å². The van der Waals surface area contributed by atoms with E-state index in [1.54, 1.807) is 0 Å². The zero-order valence-corrected chi connectivity index (χ0v) is 14.3. The SMILES string of the molecule is O=COC(C(=O)OCC(Br)(Br)Br)C(Cl)(Cl)Cl. The number of carbonyl (C=O) groups excluding carboxylic acids is 2. The lowest BCUT2D eigenvalue weighted by molar-refractivity contribution is -0.160. The molecule has 0 aromatic rings. The lowest BCUT2D eigenvalue weighted by Gasteiger charge is -2.22. The minimum absolute atomic E-state index is 0.00251. The van der Waals surface area contributed by atoms with Crippen molar-refractivity contribution >= 4 is 95.0 Å². The highest BCUT2D eigenvalue weighted by Crippen LogP contribution is 2.35. The maximum absolute atomic E-state index is 11.4. The number of rotatable bonds is 4. The zero-order chi connectivity index (χ0) is 13.0. The largest absolute Gasteiger partial charge is 0.459 e. The molecule has 1 unspecified atom stereocenters. The van der Waals surface area contributed by atoms with Crippen LogP contribution < -0.4 is 0 Å². The second-order valence-corrected chi connectivity index (χ2v) is 12.0. The van der Waals surface area contributed by atoms with E-state index in [4.69, 9.17) is 39.5 Å². The van der Waals surface area contributed by atoms with Gasteiger partial charge in [-0.2, -0.15) is 0 Å². The molecule has 0 bridgehead atoms. The van der Waals surface area contributed by atoms with Gasteiger partial charge in [0, 0.05) is 0 Å². The van der Waals surface area contributed by atoms with Gasteiger partial charge in [-0.1, -0.05) is 82.6 Å². The Morgan fingerprint density at radius 3 is 2.12 bits per heavy atom. The lowest BCUT2D eigenvalue weighted by Crippen LogP contribution is -2.39. The third-order valence-electron chi connectivity index (χ3n) is 1.08. The van der Waals surface area contributed by atoms with Crippen LogP contribution in [0.4, 0.5) is 0 Å². The van der Waals surface area contributed by atoms with Crippen LogP contribution in [0.3, 0.4) is 0 Å². The Labute approximate surface area is 132 Å². The quantitative estimate of drug-likeness (QED) is 0.348. The Kier molecular flexibility index (Phi) is 7.54. The molecule has 0 aliphatic carbocycles. The molecule has 16 heavy (non-hydrogen) atoms. The highest BCUT2D eigenvalue weighted by Gasteiger charge is 2.42. The molecule has 0 aliphatic heterocycles. The monoisotopic (exact) mass is 482 g/mol. The van der Waals surface area contributed by atoms with Crippen LogP contribution in [0, 0.1) is 0 Å². The molecule has 1 atom stereocenters. The van der Waals surface area contributed by atoms with Gasteiger partial charge in [0.25, 0.3) is 6.47 Å². The summed E-state index contributed by atoms with van der Waals surface area (Å²) in [7, 11) is 0. The number of hydrogen-bond donors (Lipinski definition) is 0. The number of esters is 1. The number of halogens is 6. The average molecular weight is 486 g/mol. The zero-order valence-electron chi connectivity index (χ0n) is 7.26. The van der Waals surface area contributed by atoms with Gasteiger partial charge in [-0.25, -0.2) is 4.79 Å². The molecule has 4 nitrogen and oxygen atoms in total. The Bertz CT molecular complexity index is 263. The van der Waals surface area contributed by atoms with Crippen molar-refractivity contribution in [1.82, 2.24) is 0 Å². The first-order valence-corrected chi connectivity index (χ1v) is 6.98. The Morgan fingerprint density at radius 2 is 1.81 bits per heavy atom. The molecule has 0 spiro atoms. The molecule has 0 rings (SSSR count). The number of alkyl halides is 6. The first kappa shape index (κ1) is 17.2. The van der Waals surface area contributed by atoms with Crippen LogP contribution in [0.5, 0.6) is 0 Å². The van der Waals surface area contributed by atoms with Crippen molar-refractivity contribution in [3.63, 3.8) is 0 Å². The predicted molar refractivity (Wildman–Crippen MR) is 71.7 cm³/mol. The van der Waals surface area contributed by atoms with Crippen molar-refractivity contribution < 1.29 is 19.1 Å². The molecular formula is C6H4Br3Cl3O4. The molecule has 0 aliphatic rings. The summed E-state index contributed by atoms with van der Waals surface area (Å²) >= 11 is 25.6. The van der Waals surface area contributed by atoms with Gasteiger partial charge in [0.1, 0.15) is 6.61 Å². The number of carbonyl (C=O) groups is 2. The molecule has 0 saturated heterocycles. The van der Waals surface area contributed by atoms with Crippen molar-refractivity contribution in [2.24, 2.45) is 0 Å². The van der Waals surface area contributed by atoms with Gasteiger partial charge in [0.15, 0.2) is 2.14 Å². The van der Waals surface area contributed by atoms with E-state index < -0.39 is 18.0 Å². The van der Waals surface area contributed by atoms with Gasteiger partial charge >= 0.3 is 5.97 Å². The van der Waals surface area contributed by atoms with E-state index in [0.717, 1.165) is 0 Å². The maximum atomic E-state index is 11.4. The Morgan fingerprint density at radius 1 is 1.31 bits per heavy atom. The van der Waals surface area contributed by atoms with E-state index in [1.807, 2.05) is 0 Å². The molecule has 10 heteroatoms. The molecule has 0 aromatic heterocycles. The summed E-state index contributed by atoms with van der Waals surface area (Å²) < 4.78 is 6.19. The van der Waals surface area contributed by atoms with Gasteiger partial charge in [0.2, 0.25) is 9.90 Å².